The molecule has 6 heteroatoms. The van der Waals surface area contributed by atoms with Gasteiger partial charge < -0.3 is 15.0 Å². The third-order valence-corrected chi connectivity index (χ3v) is 6.13. The highest BCUT2D eigenvalue weighted by molar-refractivity contribution is 6.30. The van der Waals surface area contributed by atoms with E-state index < -0.39 is 0 Å². The molecular weight excluding hydrogens is 424 g/mol. The van der Waals surface area contributed by atoms with Crippen LogP contribution in [0.1, 0.15) is 27.4 Å². The average molecular weight is 449 g/mol. The highest BCUT2D eigenvalue weighted by atomic mass is 35.5. The molecule has 0 aliphatic carbocycles. The second-order valence-corrected chi connectivity index (χ2v) is 8.31. The van der Waals surface area contributed by atoms with Crippen LogP contribution in [-0.2, 0) is 11.3 Å². The van der Waals surface area contributed by atoms with E-state index in [2.05, 4.69) is 5.32 Å². The lowest BCUT2D eigenvalue weighted by Gasteiger charge is -2.20. The number of para-hydroxylation sites is 1. The lowest BCUT2D eigenvalue weighted by atomic mass is 9.87. The zero-order valence-corrected chi connectivity index (χ0v) is 18.6. The lowest BCUT2D eigenvalue weighted by Crippen LogP contribution is -2.35. The fraction of sp³-hybridized carbons (Fsp3) is 0.231. The maximum absolute atomic E-state index is 13.2. The summed E-state index contributed by atoms with van der Waals surface area (Å²) in [6.07, 6.45) is 0. The van der Waals surface area contributed by atoms with Gasteiger partial charge in [0.25, 0.3) is 5.91 Å². The van der Waals surface area contributed by atoms with Gasteiger partial charge in [-0.2, -0.15) is 0 Å². The third-order valence-electron chi connectivity index (χ3n) is 5.88. The molecule has 2 amide bonds. The van der Waals surface area contributed by atoms with Gasteiger partial charge in [-0.15, -0.1) is 0 Å². The SMILES string of the molecule is COc1ccccc1[C@H]1CN(C(=O)c2ccc(Cl)cc2)C[C@H]1C(=O)NCc1ccccc1. The lowest BCUT2D eigenvalue weighted by molar-refractivity contribution is -0.125. The smallest absolute Gasteiger partial charge is 0.253 e. The summed E-state index contributed by atoms with van der Waals surface area (Å²) in [4.78, 5) is 28.1. The monoisotopic (exact) mass is 448 g/mol. The molecule has 3 aromatic rings. The summed E-state index contributed by atoms with van der Waals surface area (Å²) >= 11 is 5.97. The number of carbonyl (C=O) groups excluding carboxylic acids is 2. The maximum atomic E-state index is 13.2. The first-order valence-electron chi connectivity index (χ1n) is 10.6. The van der Waals surface area contributed by atoms with Crippen molar-refractivity contribution in [2.45, 2.75) is 12.5 Å². The number of hydrogen-bond donors (Lipinski definition) is 1. The second-order valence-electron chi connectivity index (χ2n) is 7.88. The van der Waals surface area contributed by atoms with Crippen molar-refractivity contribution in [3.8, 4) is 5.75 Å². The van der Waals surface area contributed by atoms with Gasteiger partial charge in [0.2, 0.25) is 5.91 Å². The molecule has 0 saturated carbocycles. The van der Waals surface area contributed by atoms with Gasteiger partial charge >= 0.3 is 0 Å². The molecule has 3 aromatic carbocycles. The molecule has 2 atom stereocenters. The number of nitrogens with zero attached hydrogens (tertiary/aromatic N) is 1. The van der Waals surface area contributed by atoms with Crippen LogP contribution in [0.3, 0.4) is 0 Å². The molecule has 1 fully saturated rings. The van der Waals surface area contributed by atoms with Crippen LogP contribution in [0.4, 0.5) is 0 Å². The molecule has 0 bridgehead atoms. The van der Waals surface area contributed by atoms with Crippen molar-refractivity contribution in [1.82, 2.24) is 10.2 Å². The van der Waals surface area contributed by atoms with Crippen molar-refractivity contribution in [2.75, 3.05) is 20.2 Å². The van der Waals surface area contributed by atoms with Gasteiger partial charge in [-0.1, -0.05) is 60.1 Å². The quantitative estimate of drug-likeness (QED) is 0.603. The van der Waals surface area contributed by atoms with Gasteiger partial charge in [0.05, 0.1) is 13.0 Å². The molecule has 164 valence electrons. The molecule has 32 heavy (non-hydrogen) atoms. The van der Waals surface area contributed by atoms with Crippen molar-refractivity contribution in [3.05, 3.63) is 101 Å². The molecule has 0 aromatic heterocycles. The second kappa shape index (κ2) is 9.88. The topological polar surface area (TPSA) is 58.6 Å². The van der Waals surface area contributed by atoms with E-state index in [0.29, 0.717) is 30.2 Å². The highest BCUT2D eigenvalue weighted by Gasteiger charge is 2.41. The number of nitrogens with one attached hydrogen (secondary N) is 1. The number of amides is 2. The van der Waals surface area contributed by atoms with Crippen molar-refractivity contribution >= 4 is 23.4 Å². The summed E-state index contributed by atoms with van der Waals surface area (Å²) in [6, 6.07) is 24.3. The number of carbonyl (C=O) groups is 2. The molecule has 0 unspecified atom stereocenters. The minimum atomic E-state index is -0.383. The molecule has 1 saturated heterocycles. The van der Waals surface area contributed by atoms with Gasteiger partial charge in [0.1, 0.15) is 5.75 Å². The number of rotatable bonds is 6. The number of benzene rings is 3. The van der Waals surface area contributed by atoms with E-state index in [-0.39, 0.29) is 23.7 Å². The van der Waals surface area contributed by atoms with Gasteiger partial charge in [0, 0.05) is 36.1 Å². The molecule has 5 nitrogen and oxygen atoms in total. The molecular formula is C26H25ClN2O3. The van der Waals surface area contributed by atoms with Crippen LogP contribution in [-0.4, -0.2) is 36.9 Å². The first-order valence-corrected chi connectivity index (χ1v) is 10.9. The van der Waals surface area contributed by atoms with Gasteiger partial charge in [-0.25, -0.2) is 0 Å². The Hall–Kier alpha value is -3.31. The normalized spacial score (nSPS) is 17.8. The number of hydrogen-bond acceptors (Lipinski definition) is 3. The molecule has 1 N–H and O–H groups in total. The van der Waals surface area contributed by atoms with Crippen LogP contribution in [0, 0.1) is 5.92 Å². The summed E-state index contributed by atoms with van der Waals surface area (Å²) in [5.41, 5.74) is 2.52. The summed E-state index contributed by atoms with van der Waals surface area (Å²) in [5, 5.41) is 3.63. The first kappa shape index (κ1) is 21.9. The highest BCUT2D eigenvalue weighted by Crippen LogP contribution is 2.38. The van der Waals surface area contributed by atoms with E-state index in [9.17, 15) is 9.59 Å². The van der Waals surface area contributed by atoms with E-state index in [1.165, 1.54) is 0 Å². The average Bonchev–Trinajstić information content (AvgIpc) is 3.28. The van der Waals surface area contributed by atoms with Gasteiger partial charge in [-0.3, -0.25) is 9.59 Å². The summed E-state index contributed by atoms with van der Waals surface area (Å²) in [5.74, 6) is -0.0142. The van der Waals surface area contributed by atoms with Gasteiger partial charge in [0.15, 0.2) is 0 Å². The molecule has 4 rings (SSSR count). The summed E-state index contributed by atoms with van der Waals surface area (Å²) < 4.78 is 5.56. The molecule has 0 spiro atoms. The van der Waals surface area contributed by atoms with Crippen molar-refractivity contribution in [1.29, 1.82) is 0 Å². The van der Waals surface area contributed by atoms with Crippen LogP contribution >= 0.6 is 11.6 Å². The number of halogens is 1. The van der Waals surface area contributed by atoms with E-state index in [1.807, 2.05) is 54.6 Å². The predicted molar refractivity (Wildman–Crippen MR) is 125 cm³/mol. The van der Waals surface area contributed by atoms with E-state index in [1.54, 1.807) is 36.3 Å². The fourth-order valence-electron chi connectivity index (χ4n) is 4.21. The Bertz CT molecular complexity index is 1090. The van der Waals surface area contributed by atoms with E-state index >= 15 is 0 Å². The van der Waals surface area contributed by atoms with E-state index in [0.717, 1.165) is 16.9 Å². The Kier molecular flexibility index (Phi) is 6.76. The Morgan fingerprint density at radius 1 is 0.969 bits per heavy atom. The maximum Gasteiger partial charge on any atom is 0.253 e. The Labute approximate surface area is 193 Å². The van der Waals surface area contributed by atoms with Crippen molar-refractivity contribution < 1.29 is 14.3 Å². The van der Waals surface area contributed by atoms with Crippen LogP contribution in [0.25, 0.3) is 0 Å². The summed E-state index contributed by atoms with van der Waals surface area (Å²) in [7, 11) is 1.62. The Balaban J connectivity index is 1.58. The van der Waals surface area contributed by atoms with Crippen LogP contribution in [0.15, 0.2) is 78.9 Å². The molecule has 1 aliphatic heterocycles. The predicted octanol–water partition coefficient (Wildman–Crippen LogP) is 4.52. The van der Waals surface area contributed by atoms with Crippen LogP contribution in [0.5, 0.6) is 5.75 Å². The largest absolute Gasteiger partial charge is 0.496 e. The summed E-state index contributed by atoms with van der Waals surface area (Å²) in [6.45, 7) is 1.22. The number of ether oxygens (including phenoxy) is 1. The van der Waals surface area contributed by atoms with E-state index in [4.69, 9.17) is 16.3 Å². The Morgan fingerprint density at radius 2 is 1.66 bits per heavy atom. The number of likely N-dealkylation sites (tertiary alicyclic amines) is 1. The van der Waals surface area contributed by atoms with Crippen LogP contribution < -0.4 is 10.1 Å². The van der Waals surface area contributed by atoms with Crippen LogP contribution in [0.2, 0.25) is 5.02 Å². The minimum absolute atomic E-state index is 0.0730. The first-order chi connectivity index (χ1) is 15.6. The zero-order chi connectivity index (χ0) is 22.5. The molecule has 1 aliphatic rings. The van der Waals surface area contributed by atoms with Crippen molar-refractivity contribution in [2.24, 2.45) is 5.92 Å². The Morgan fingerprint density at radius 3 is 2.38 bits per heavy atom. The fourth-order valence-corrected chi connectivity index (χ4v) is 4.34. The molecule has 1 heterocycles. The number of methoxy groups -OCH3 is 1. The zero-order valence-electron chi connectivity index (χ0n) is 17.8. The van der Waals surface area contributed by atoms with Gasteiger partial charge in [-0.05, 0) is 41.5 Å². The van der Waals surface area contributed by atoms with Crippen molar-refractivity contribution in [3.63, 3.8) is 0 Å². The molecule has 0 radical (unpaired) electrons. The minimum Gasteiger partial charge on any atom is -0.496 e. The third kappa shape index (κ3) is 4.78. The standard InChI is InChI=1S/C26H25ClN2O3/c1-32-24-10-6-5-9-21(24)22-16-29(26(31)19-11-13-20(27)14-12-19)17-23(22)25(30)28-15-18-7-3-2-4-8-18/h2-14,22-23H,15-17H2,1H3,(H,28,30)/t22-,23-/m1/s1.